The van der Waals surface area contributed by atoms with E-state index in [2.05, 4.69) is 17.0 Å². The van der Waals surface area contributed by atoms with Crippen molar-refractivity contribution in [1.29, 1.82) is 0 Å². The maximum atomic E-state index is 12.2. The van der Waals surface area contributed by atoms with Crippen LogP contribution in [0.4, 0.5) is 0 Å². The second kappa shape index (κ2) is 6.65. The van der Waals surface area contributed by atoms with Crippen LogP contribution in [0.2, 0.25) is 0 Å². The average molecular weight is 265 g/mol. The molecule has 1 aliphatic rings. The van der Waals surface area contributed by atoms with Gasteiger partial charge in [-0.15, -0.1) is 0 Å². The second-order valence-corrected chi connectivity index (χ2v) is 5.31. The molecule has 0 bridgehead atoms. The molecule has 6 heteroatoms. The minimum atomic E-state index is -0.338. The number of carbonyl (C=O) groups is 1. The van der Waals surface area contributed by atoms with E-state index in [9.17, 15) is 4.79 Å². The van der Waals surface area contributed by atoms with Crippen LogP contribution in [-0.2, 0) is 11.3 Å². The molecule has 0 saturated carbocycles. The molecule has 19 heavy (non-hydrogen) atoms. The summed E-state index contributed by atoms with van der Waals surface area (Å²) >= 11 is 0. The van der Waals surface area contributed by atoms with E-state index in [-0.39, 0.29) is 11.9 Å². The lowest BCUT2D eigenvalue weighted by atomic mass is 9.97. The van der Waals surface area contributed by atoms with Crippen LogP contribution >= 0.6 is 0 Å². The Hall–Kier alpha value is -1.43. The molecule has 1 aliphatic heterocycles. The zero-order chi connectivity index (χ0) is 13.7. The number of hydrogen-bond acceptors (Lipinski definition) is 4. The number of hydrogen-bond donors (Lipinski definition) is 1. The molecule has 6 nitrogen and oxygen atoms in total. The lowest BCUT2D eigenvalue weighted by Crippen LogP contribution is -2.48. The predicted octanol–water partition coefficient (Wildman–Crippen LogP) is 0.644. The van der Waals surface area contributed by atoms with Gasteiger partial charge in [-0.05, 0) is 25.2 Å². The number of carbonyl (C=O) groups excluding carboxylic acids is 1. The molecule has 106 valence electrons. The van der Waals surface area contributed by atoms with Gasteiger partial charge < -0.3 is 10.6 Å². The van der Waals surface area contributed by atoms with Crippen molar-refractivity contribution in [2.24, 2.45) is 11.7 Å². The topological polar surface area (TPSA) is 77.0 Å². The van der Waals surface area contributed by atoms with Gasteiger partial charge >= 0.3 is 0 Å². The number of nitrogens with two attached hydrogens (primary N) is 1. The average Bonchev–Trinajstić information content (AvgIpc) is 2.91. The van der Waals surface area contributed by atoms with Crippen LogP contribution in [-0.4, -0.2) is 44.7 Å². The monoisotopic (exact) mass is 265 g/mol. The van der Waals surface area contributed by atoms with Gasteiger partial charge in [0.05, 0.1) is 6.04 Å². The fourth-order valence-corrected chi connectivity index (χ4v) is 2.67. The highest BCUT2D eigenvalue weighted by Gasteiger charge is 2.26. The Bertz CT molecular complexity index is 392. The van der Waals surface area contributed by atoms with Gasteiger partial charge in [0.15, 0.2) is 0 Å². The molecule has 2 N–H and O–H groups in total. The van der Waals surface area contributed by atoms with Gasteiger partial charge in [0.2, 0.25) is 5.91 Å². The third-order valence-electron chi connectivity index (χ3n) is 3.66. The molecule has 2 unspecified atom stereocenters. The van der Waals surface area contributed by atoms with E-state index >= 15 is 0 Å². The SMILES string of the molecule is CCCC(N)C(=O)N1CCCC(Cn2cncn2)C1. The first-order chi connectivity index (χ1) is 9.20. The minimum Gasteiger partial charge on any atom is -0.341 e. The van der Waals surface area contributed by atoms with Crippen molar-refractivity contribution in [2.75, 3.05) is 13.1 Å². The maximum absolute atomic E-state index is 12.2. The molecule has 1 aromatic rings. The first-order valence-electron chi connectivity index (χ1n) is 7.07. The Morgan fingerprint density at radius 1 is 1.58 bits per heavy atom. The van der Waals surface area contributed by atoms with Crippen LogP contribution in [0.3, 0.4) is 0 Å². The van der Waals surface area contributed by atoms with Gasteiger partial charge in [0.1, 0.15) is 12.7 Å². The normalized spacial score (nSPS) is 21.4. The Morgan fingerprint density at radius 3 is 3.11 bits per heavy atom. The second-order valence-electron chi connectivity index (χ2n) is 5.31. The van der Waals surface area contributed by atoms with E-state index in [1.807, 2.05) is 9.58 Å². The largest absolute Gasteiger partial charge is 0.341 e. The van der Waals surface area contributed by atoms with Crippen molar-refractivity contribution in [3.63, 3.8) is 0 Å². The zero-order valence-corrected chi connectivity index (χ0v) is 11.5. The van der Waals surface area contributed by atoms with Crippen molar-refractivity contribution in [2.45, 2.75) is 45.2 Å². The van der Waals surface area contributed by atoms with E-state index in [1.54, 1.807) is 12.7 Å². The smallest absolute Gasteiger partial charge is 0.239 e. The molecular weight excluding hydrogens is 242 g/mol. The first-order valence-corrected chi connectivity index (χ1v) is 7.07. The van der Waals surface area contributed by atoms with E-state index < -0.39 is 0 Å². The predicted molar refractivity (Wildman–Crippen MR) is 72.2 cm³/mol. The molecule has 0 spiro atoms. The molecule has 0 radical (unpaired) electrons. The molecule has 2 rings (SSSR count). The molecule has 1 saturated heterocycles. The molecule has 0 aliphatic carbocycles. The van der Waals surface area contributed by atoms with Gasteiger partial charge in [-0.3, -0.25) is 9.48 Å². The summed E-state index contributed by atoms with van der Waals surface area (Å²) in [5.41, 5.74) is 5.92. The summed E-state index contributed by atoms with van der Waals surface area (Å²) < 4.78 is 1.84. The Labute approximate surface area is 114 Å². The number of amides is 1. The van der Waals surface area contributed by atoms with Crippen molar-refractivity contribution >= 4 is 5.91 Å². The van der Waals surface area contributed by atoms with Crippen molar-refractivity contribution in [3.05, 3.63) is 12.7 Å². The van der Waals surface area contributed by atoms with E-state index in [1.165, 1.54) is 0 Å². The summed E-state index contributed by atoms with van der Waals surface area (Å²) in [4.78, 5) is 18.1. The summed E-state index contributed by atoms with van der Waals surface area (Å²) in [6.07, 6.45) is 7.16. The quantitative estimate of drug-likeness (QED) is 0.847. The maximum Gasteiger partial charge on any atom is 0.239 e. The Balaban J connectivity index is 1.88. The number of aromatic nitrogens is 3. The summed E-state index contributed by atoms with van der Waals surface area (Å²) in [5, 5.41) is 4.12. The molecule has 0 aromatic carbocycles. The van der Waals surface area contributed by atoms with Gasteiger partial charge in [-0.2, -0.15) is 5.10 Å². The van der Waals surface area contributed by atoms with Gasteiger partial charge in [0, 0.05) is 19.6 Å². The summed E-state index contributed by atoms with van der Waals surface area (Å²) in [7, 11) is 0. The van der Waals surface area contributed by atoms with Crippen LogP contribution < -0.4 is 5.73 Å². The van der Waals surface area contributed by atoms with Crippen LogP contribution in [0.1, 0.15) is 32.6 Å². The highest BCUT2D eigenvalue weighted by Crippen LogP contribution is 2.19. The minimum absolute atomic E-state index is 0.102. The van der Waals surface area contributed by atoms with Crippen LogP contribution in [0, 0.1) is 5.92 Å². The third-order valence-corrected chi connectivity index (χ3v) is 3.66. The molecule has 1 fully saturated rings. The molecule has 2 atom stereocenters. The van der Waals surface area contributed by atoms with Gasteiger partial charge in [0.25, 0.3) is 0 Å². The number of piperidine rings is 1. The lowest BCUT2D eigenvalue weighted by molar-refractivity contribution is -0.134. The van der Waals surface area contributed by atoms with E-state index in [0.717, 1.165) is 45.3 Å². The number of nitrogens with zero attached hydrogens (tertiary/aromatic N) is 4. The standard InChI is InChI=1S/C13H23N5O/c1-2-4-12(14)13(19)17-6-3-5-11(7-17)8-18-10-15-9-16-18/h9-12H,2-8,14H2,1H3. The molecule has 1 amide bonds. The third kappa shape index (κ3) is 3.76. The fourth-order valence-electron chi connectivity index (χ4n) is 2.67. The number of rotatable bonds is 5. The summed E-state index contributed by atoms with van der Waals surface area (Å²) in [5.74, 6) is 0.554. The van der Waals surface area contributed by atoms with Crippen LogP contribution in [0.5, 0.6) is 0 Å². The van der Waals surface area contributed by atoms with E-state index in [0.29, 0.717) is 5.92 Å². The fraction of sp³-hybridized carbons (Fsp3) is 0.769. The Kier molecular flexibility index (Phi) is 4.90. The zero-order valence-electron chi connectivity index (χ0n) is 11.5. The van der Waals surface area contributed by atoms with Gasteiger partial charge in [-0.25, -0.2) is 4.98 Å². The van der Waals surface area contributed by atoms with Crippen molar-refractivity contribution < 1.29 is 4.79 Å². The molecule has 2 heterocycles. The number of likely N-dealkylation sites (tertiary alicyclic amines) is 1. The summed E-state index contributed by atoms with van der Waals surface area (Å²) in [6, 6.07) is -0.338. The van der Waals surface area contributed by atoms with Crippen LogP contribution in [0.25, 0.3) is 0 Å². The van der Waals surface area contributed by atoms with Gasteiger partial charge in [-0.1, -0.05) is 13.3 Å². The first kappa shape index (κ1) is 14.0. The van der Waals surface area contributed by atoms with Crippen molar-refractivity contribution in [3.8, 4) is 0 Å². The lowest BCUT2D eigenvalue weighted by Gasteiger charge is -2.34. The molecule has 1 aromatic heterocycles. The molecular formula is C13H23N5O. The van der Waals surface area contributed by atoms with Crippen LogP contribution in [0.15, 0.2) is 12.7 Å². The highest BCUT2D eigenvalue weighted by molar-refractivity contribution is 5.81. The van der Waals surface area contributed by atoms with E-state index in [4.69, 9.17) is 5.73 Å². The highest BCUT2D eigenvalue weighted by atomic mass is 16.2. The summed E-state index contributed by atoms with van der Waals surface area (Å²) in [6.45, 7) is 4.50. The Morgan fingerprint density at radius 2 is 2.42 bits per heavy atom. The van der Waals surface area contributed by atoms with Crippen molar-refractivity contribution in [1.82, 2.24) is 19.7 Å².